The number of halogens is 1. The summed E-state index contributed by atoms with van der Waals surface area (Å²) < 4.78 is 0. The third kappa shape index (κ3) is 3.65. The second kappa shape index (κ2) is 6.30. The van der Waals surface area contributed by atoms with Crippen molar-refractivity contribution in [2.45, 2.75) is 13.5 Å². The fourth-order valence-electron chi connectivity index (χ4n) is 1.80. The van der Waals surface area contributed by atoms with Crippen LogP contribution in [0.5, 0.6) is 5.75 Å². The largest absolute Gasteiger partial charge is 0.506 e. The zero-order valence-corrected chi connectivity index (χ0v) is 11.7. The number of rotatable bonds is 4. The topological polar surface area (TPSA) is 61.4 Å². The van der Waals surface area contributed by atoms with Gasteiger partial charge in [0.1, 0.15) is 5.75 Å². The lowest BCUT2D eigenvalue weighted by Crippen LogP contribution is -2.10. The first kappa shape index (κ1) is 14.2. The molecule has 20 heavy (non-hydrogen) atoms. The monoisotopic (exact) mass is 290 g/mol. The number of amides is 1. The number of hydrogen-bond donors (Lipinski definition) is 3. The maximum absolute atomic E-state index is 11.1. The number of carbonyl (C=O) groups is 1. The molecule has 104 valence electrons. The summed E-state index contributed by atoms with van der Waals surface area (Å²) in [4.78, 5) is 11.1. The Morgan fingerprint density at radius 3 is 2.70 bits per heavy atom. The van der Waals surface area contributed by atoms with E-state index in [1.807, 2.05) is 24.3 Å². The maximum Gasteiger partial charge on any atom is 0.221 e. The van der Waals surface area contributed by atoms with Gasteiger partial charge in [0, 0.05) is 24.8 Å². The van der Waals surface area contributed by atoms with Crippen LogP contribution >= 0.6 is 11.6 Å². The highest BCUT2D eigenvalue weighted by Crippen LogP contribution is 2.26. The van der Waals surface area contributed by atoms with Crippen molar-refractivity contribution in [1.29, 1.82) is 0 Å². The number of carbonyl (C=O) groups excluding carboxylic acids is 1. The normalized spacial score (nSPS) is 10.1. The van der Waals surface area contributed by atoms with Crippen molar-refractivity contribution in [2.24, 2.45) is 0 Å². The van der Waals surface area contributed by atoms with Crippen LogP contribution in [0, 0.1) is 0 Å². The summed E-state index contributed by atoms with van der Waals surface area (Å²) >= 11 is 5.85. The second-order valence-electron chi connectivity index (χ2n) is 4.36. The zero-order valence-electron chi connectivity index (χ0n) is 11.0. The van der Waals surface area contributed by atoms with Gasteiger partial charge in [-0.05, 0) is 29.8 Å². The van der Waals surface area contributed by atoms with Crippen LogP contribution in [0.3, 0.4) is 0 Å². The van der Waals surface area contributed by atoms with Crippen LogP contribution < -0.4 is 10.6 Å². The highest BCUT2D eigenvalue weighted by atomic mass is 35.5. The molecule has 2 aromatic carbocycles. The maximum atomic E-state index is 11.1. The van der Waals surface area contributed by atoms with Crippen LogP contribution in [0.25, 0.3) is 0 Å². The number of benzene rings is 2. The van der Waals surface area contributed by atoms with E-state index in [0.29, 0.717) is 11.6 Å². The molecule has 0 aliphatic carbocycles. The van der Waals surface area contributed by atoms with Crippen molar-refractivity contribution in [3.63, 3.8) is 0 Å². The van der Waals surface area contributed by atoms with Crippen molar-refractivity contribution in [1.82, 2.24) is 0 Å². The highest BCUT2D eigenvalue weighted by molar-refractivity contribution is 6.32. The van der Waals surface area contributed by atoms with Gasteiger partial charge in [-0.1, -0.05) is 29.8 Å². The van der Waals surface area contributed by atoms with Gasteiger partial charge in [0.2, 0.25) is 5.91 Å². The summed E-state index contributed by atoms with van der Waals surface area (Å²) in [5.74, 6) is -0.0546. The number of anilines is 2. The van der Waals surface area contributed by atoms with E-state index in [-0.39, 0.29) is 11.7 Å². The SMILES string of the molecule is CC(=O)Nc1ccccc1CNc1ccc(O)c(Cl)c1. The number of aromatic hydroxyl groups is 1. The third-order valence-corrected chi connectivity index (χ3v) is 3.06. The molecule has 4 nitrogen and oxygen atoms in total. The smallest absolute Gasteiger partial charge is 0.221 e. The minimum atomic E-state index is -0.106. The van der Waals surface area contributed by atoms with Crippen LogP contribution in [0.4, 0.5) is 11.4 Å². The molecule has 0 aliphatic rings. The van der Waals surface area contributed by atoms with Crippen LogP contribution in [-0.2, 0) is 11.3 Å². The average Bonchev–Trinajstić information content (AvgIpc) is 2.41. The van der Waals surface area contributed by atoms with Crippen molar-refractivity contribution < 1.29 is 9.90 Å². The molecule has 0 bridgehead atoms. The summed E-state index contributed by atoms with van der Waals surface area (Å²) in [6.45, 7) is 2.02. The fraction of sp³-hybridized carbons (Fsp3) is 0.133. The van der Waals surface area contributed by atoms with Gasteiger partial charge in [-0.2, -0.15) is 0 Å². The van der Waals surface area contributed by atoms with Gasteiger partial charge in [-0.15, -0.1) is 0 Å². The first-order chi connectivity index (χ1) is 9.56. The molecule has 2 aromatic rings. The Balaban J connectivity index is 2.10. The van der Waals surface area contributed by atoms with E-state index in [9.17, 15) is 9.90 Å². The molecular formula is C15H15ClN2O2. The van der Waals surface area contributed by atoms with Gasteiger partial charge in [0.25, 0.3) is 0 Å². The number of phenols is 1. The molecule has 3 N–H and O–H groups in total. The lowest BCUT2D eigenvalue weighted by atomic mass is 10.1. The van der Waals surface area contributed by atoms with E-state index in [1.165, 1.54) is 13.0 Å². The molecule has 0 unspecified atom stereocenters. The Bertz CT molecular complexity index is 629. The molecule has 0 aromatic heterocycles. The minimum Gasteiger partial charge on any atom is -0.506 e. The van der Waals surface area contributed by atoms with Crippen LogP contribution in [0.15, 0.2) is 42.5 Å². The van der Waals surface area contributed by atoms with E-state index in [0.717, 1.165) is 16.9 Å². The molecule has 0 fully saturated rings. The van der Waals surface area contributed by atoms with Gasteiger partial charge in [-0.25, -0.2) is 0 Å². The van der Waals surface area contributed by atoms with E-state index in [1.54, 1.807) is 12.1 Å². The Kier molecular flexibility index (Phi) is 4.48. The first-order valence-corrected chi connectivity index (χ1v) is 6.52. The van der Waals surface area contributed by atoms with E-state index < -0.39 is 0 Å². The van der Waals surface area contributed by atoms with Crippen molar-refractivity contribution >= 4 is 28.9 Å². The number of hydrogen-bond acceptors (Lipinski definition) is 3. The predicted octanol–water partition coefficient (Wildman–Crippen LogP) is 3.62. The standard InChI is InChI=1S/C15H15ClN2O2/c1-10(19)18-14-5-3-2-4-11(14)9-17-12-6-7-15(20)13(16)8-12/h2-8,17,20H,9H2,1H3,(H,18,19). The lowest BCUT2D eigenvalue weighted by Gasteiger charge is -2.12. The lowest BCUT2D eigenvalue weighted by molar-refractivity contribution is -0.114. The highest BCUT2D eigenvalue weighted by Gasteiger charge is 2.04. The number of nitrogens with one attached hydrogen (secondary N) is 2. The van der Waals surface area contributed by atoms with E-state index >= 15 is 0 Å². The zero-order chi connectivity index (χ0) is 14.5. The number of phenolic OH excluding ortho intramolecular Hbond substituents is 1. The van der Waals surface area contributed by atoms with Gasteiger partial charge in [0.05, 0.1) is 5.02 Å². The molecule has 5 heteroatoms. The summed E-state index contributed by atoms with van der Waals surface area (Å²) in [5.41, 5.74) is 2.54. The fourth-order valence-corrected chi connectivity index (χ4v) is 1.98. The Morgan fingerprint density at radius 2 is 2.00 bits per heavy atom. The molecule has 0 saturated carbocycles. The van der Waals surface area contributed by atoms with Crippen molar-refractivity contribution in [3.05, 3.63) is 53.1 Å². The molecule has 1 amide bonds. The van der Waals surface area contributed by atoms with Crippen LogP contribution in [0.1, 0.15) is 12.5 Å². The molecule has 0 heterocycles. The molecule has 2 rings (SSSR count). The van der Waals surface area contributed by atoms with Gasteiger partial charge in [-0.3, -0.25) is 4.79 Å². The summed E-state index contributed by atoms with van der Waals surface area (Å²) in [5, 5.41) is 15.6. The average molecular weight is 291 g/mol. The first-order valence-electron chi connectivity index (χ1n) is 6.14. The van der Waals surface area contributed by atoms with E-state index in [2.05, 4.69) is 10.6 Å². The minimum absolute atomic E-state index is 0.0517. The predicted molar refractivity (Wildman–Crippen MR) is 81.2 cm³/mol. The Morgan fingerprint density at radius 1 is 1.25 bits per heavy atom. The quantitative estimate of drug-likeness (QED) is 0.754. The number of para-hydroxylation sites is 1. The molecule has 0 saturated heterocycles. The van der Waals surface area contributed by atoms with Gasteiger partial charge in [0.15, 0.2) is 0 Å². The van der Waals surface area contributed by atoms with Crippen LogP contribution in [-0.4, -0.2) is 11.0 Å². The third-order valence-electron chi connectivity index (χ3n) is 2.76. The van der Waals surface area contributed by atoms with Crippen LogP contribution in [0.2, 0.25) is 5.02 Å². The Hall–Kier alpha value is -2.20. The second-order valence-corrected chi connectivity index (χ2v) is 4.77. The molecule has 0 aliphatic heterocycles. The Labute approximate surface area is 122 Å². The van der Waals surface area contributed by atoms with Gasteiger partial charge < -0.3 is 15.7 Å². The summed E-state index contributed by atoms with van der Waals surface area (Å²) in [6.07, 6.45) is 0. The molecule has 0 radical (unpaired) electrons. The molecule has 0 spiro atoms. The van der Waals surface area contributed by atoms with Crippen molar-refractivity contribution in [3.8, 4) is 5.75 Å². The van der Waals surface area contributed by atoms with Gasteiger partial charge >= 0.3 is 0 Å². The summed E-state index contributed by atoms with van der Waals surface area (Å²) in [6, 6.07) is 12.5. The molecular weight excluding hydrogens is 276 g/mol. The summed E-state index contributed by atoms with van der Waals surface area (Å²) in [7, 11) is 0. The van der Waals surface area contributed by atoms with Crippen molar-refractivity contribution in [2.75, 3.05) is 10.6 Å². The molecule has 0 atom stereocenters. The van der Waals surface area contributed by atoms with E-state index in [4.69, 9.17) is 11.6 Å².